The van der Waals surface area contributed by atoms with E-state index in [0.29, 0.717) is 6.54 Å². The molecule has 0 aromatic heterocycles. The van der Waals surface area contributed by atoms with Crippen molar-refractivity contribution in [3.63, 3.8) is 0 Å². The van der Waals surface area contributed by atoms with Gasteiger partial charge < -0.3 is 14.7 Å². The highest BCUT2D eigenvalue weighted by atomic mass is 16.5. The van der Waals surface area contributed by atoms with Crippen LogP contribution < -0.4 is 0 Å². The van der Waals surface area contributed by atoms with Gasteiger partial charge in [0.2, 0.25) is 5.91 Å². The first-order valence-corrected chi connectivity index (χ1v) is 6.17. The fourth-order valence-corrected chi connectivity index (χ4v) is 2.16. The maximum absolute atomic E-state index is 11.7. The van der Waals surface area contributed by atoms with Crippen LogP contribution in [0.25, 0.3) is 0 Å². The standard InChI is InChI=1S/C13H25NO4/c1-7-8-14(10(2)15)13(5,11(16)17)9-12(3,4)18-6/h7-9H2,1-6H3,(H,16,17). The number of carbonyl (C=O) groups is 2. The summed E-state index contributed by atoms with van der Waals surface area (Å²) in [4.78, 5) is 24.7. The van der Waals surface area contributed by atoms with Gasteiger partial charge in [0.1, 0.15) is 5.54 Å². The van der Waals surface area contributed by atoms with Gasteiger partial charge >= 0.3 is 5.97 Å². The Morgan fingerprint density at radius 1 is 1.28 bits per heavy atom. The van der Waals surface area contributed by atoms with Gasteiger partial charge in [0.05, 0.1) is 5.60 Å². The van der Waals surface area contributed by atoms with E-state index in [1.807, 2.05) is 20.8 Å². The van der Waals surface area contributed by atoms with E-state index in [4.69, 9.17) is 4.74 Å². The first-order valence-electron chi connectivity index (χ1n) is 6.17. The Hall–Kier alpha value is -1.10. The highest BCUT2D eigenvalue weighted by molar-refractivity contribution is 5.85. The lowest BCUT2D eigenvalue weighted by Gasteiger charge is -2.41. The highest BCUT2D eigenvalue weighted by Gasteiger charge is 2.45. The van der Waals surface area contributed by atoms with Crippen LogP contribution in [0.4, 0.5) is 0 Å². The van der Waals surface area contributed by atoms with Crippen LogP contribution in [0.15, 0.2) is 0 Å². The van der Waals surface area contributed by atoms with Gasteiger partial charge in [-0.2, -0.15) is 0 Å². The number of carboxylic acids is 1. The number of amides is 1. The van der Waals surface area contributed by atoms with E-state index in [2.05, 4.69) is 0 Å². The van der Waals surface area contributed by atoms with Crippen LogP contribution in [0.2, 0.25) is 0 Å². The Kier molecular flexibility index (Phi) is 5.80. The van der Waals surface area contributed by atoms with Crippen LogP contribution >= 0.6 is 0 Å². The summed E-state index contributed by atoms with van der Waals surface area (Å²) < 4.78 is 5.29. The summed E-state index contributed by atoms with van der Waals surface area (Å²) >= 11 is 0. The first-order chi connectivity index (χ1) is 8.10. The van der Waals surface area contributed by atoms with Crippen LogP contribution in [0.1, 0.15) is 47.5 Å². The minimum absolute atomic E-state index is 0.228. The van der Waals surface area contributed by atoms with Crippen molar-refractivity contribution in [2.45, 2.75) is 58.6 Å². The second-order valence-corrected chi connectivity index (χ2v) is 5.39. The predicted molar refractivity (Wildman–Crippen MR) is 69.4 cm³/mol. The maximum atomic E-state index is 11.7. The normalized spacial score (nSPS) is 15.0. The van der Waals surface area contributed by atoms with Gasteiger partial charge in [-0.05, 0) is 27.2 Å². The topological polar surface area (TPSA) is 66.8 Å². The third-order valence-electron chi connectivity index (χ3n) is 3.21. The Balaban J connectivity index is 5.35. The fraction of sp³-hybridized carbons (Fsp3) is 0.846. The molecular weight excluding hydrogens is 234 g/mol. The number of hydrogen-bond donors (Lipinski definition) is 1. The maximum Gasteiger partial charge on any atom is 0.329 e. The minimum atomic E-state index is -1.25. The number of rotatable bonds is 7. The summed E-state index contributed by atoms with van der Waals surface area (Å²) in [5.74, 6) is -1.23. The van der Waals surface area contributed by atoms with Crippen molar-refractivity contribution in [3.8, 4) is 0 Å². The van der Waals surface area contributed by atoms with Crippen molar-refractivity contribution in [2.75, 3.05) is 13.7 Å². The summed E-state index contributed by atoms with van der Waals surface area (Å²) in [6, 6.07) is 0. The van der Waals surface area contributed by atoms with Crippen LogP contribution in [0, 0.1) is 0 Å². The Morgan fingerprint density at radius 3 is 2.06 bits per heavy atom. The lowest BCUT2D eigenvalue weighted by atomic mass is 9.85. The van der Waals surface area contributed by atoms with Crippen molar-refractivity contribution in [3.05, 3.63) is 0 Å². The Bertz CT molecular complexity index is 314. The van der Waals surface area contributed by atoms with Crippen molar-refractivity contribution in [1.82, 2.24) is 4.90 Å². The molecular formula is C13H25NO4. The summed E-state index contributed by atoms with van der Waals surface area (Å²) in [5.41, 5.74) is -1.85. The van der Waals surface area contributed by atoms with E-state index in [1.54, 1.807) is 14.0 Å². The molecule has 0 aliphatic heterocycles. The molecule has 1 atom stereocenters. The average molecular weight is 259 g/mol. The molecule has 5 heteroatoms. The molecule has 106 valence electrons. The van der Waals surface area contributed by atoms with Gasteiger partial charge in [-0.3, -0.25) is 4.79 Å². The Morgan fingerprint density at radius 2 is 1.78 bits per heavy atom. The molecule has 1 unspecified atom stereocenters. The fourth-order valence-electron chi connectivity index (χ4n) is 2.16. The van der Waals surface area contributed by atoms with Crippen molar-refractivity contribution in [2.24, 2.45) is 0 Å². The third kappa shape index (κ3) is 3.98. The van der Waals surface area contributed by atoms with Crippen LogP contribution in [0.3, 0.4) is 0 Å². The largest absolute Gasteiger partial charge is 0.480 e. The third-order valence-corrected chi connectivity index (χ3v) is 3.21. The molecule has 0 bridgehead atoms. The zero-order chi connectivity index (χ0) is 14.6. The van der Waals surface area contributed by atoms with E-state index >= 15 is 0 Å². The zero-order valence-corrected chi connectivity index (χ0v) is 12.2. The van der Waals surface area contributed by atoms with E-state index < -0.39 is 17.1 Å². The van der Waals surface area contributed by atoms with E-state index in [1.165, 1.54) is 11.8 Å². The summed E-state index contributed by atoms with van der Waals surface area (Å²) in [6.07, 6.45) is 0.960. The van der Waals surface area contributed by atoms with Crippen molar-refractivity contribution < 1.29 is 19.4 Å². The number of methoxy groups -OCH3 is 1. The molecule has 0 saturated heterocycles. The van der Waals surface area contributed by atoms with Gasteiger partial charge in [-0.15, -0.1) is 0 Å². The Labute approximate surface area is 109 Å². The van der Waals surface area contributed by atoms with Gasteiger partial charge in [0.25, 0.3) is 0 Å². The van der Waals surface area contributed by atoms with Gasteiger partial charge in [-0.25, -0.2) is 4.79 Å². The van der Waals surface area contributed by atoms with Crippen molar-refractivity contribution >= 4 is 11.9 Å². The van der Waals surface area contributed by atoms with Gasteiger partial charge in [-0.1, -0.05) is 6.92 Å². The number of carbonyl (C=O) groups excluding carboxylic acids is 1. The molecule has 1 amide bonds. The number of aliphatic carboxylic acids is 1. The van der Waals surface area contributed by atoms with Crippen LogP contribution in [-0.4, -0.2) is 46.7 Å². The predicted octanol–water partition coefficient (Wildman–Crippen LogP) is 1.90. The summed E-state index contributed by atoms with van der Waals surface area (Å²) in [7, 11) is 1.54. The average Bonchev–Trinajstić information content (AvgIpc) is 2.24. The zero-order valence-electron chi connectivity index (χ0n) is 12.2. The second-order valence-electron chi connectivity index (χ2n) is 5.39. The number of hydrogen-bond acceptors (Lipinski definition) is 3. The van der Waals surface area contributed by atoms with E-state index in [-0.39, 0.29) is 12.3 Å². The van der Waals surface area contributed by atoms with E-state index in [0.717, 1.165) is 6.42 Å². The first kappa shape index (κ1) is 16.9. The number of carboxylic acid groups (broad SMARTS) is 1. The molecule has 0 aliphatic rings. The summed E-state index contributed by atoms with van der Waals surface area (Å²) in [5, 5.41) is 9.49. The smallest absolute Gasteiger partial charge is 0.329 e. The molecule has 1 N–H and O–H groups in total. The highest BCUT2D eigenvalue weighted by Crippen LogP contribution is 2.29. The SMILES string of the molecule is CCCN(C(C)=O)C(C)(CC(C)(C)OC)C(=O)O. The molecule has 0 rings (SSSR count). The van der Waals surface area contributed by atoms with Crippen LogP contribution in [-0.2, 0) is 14.3 Å². The number of nitrogens with zero attached hydrogens (tertiary/aromatic N) is 1. The molecule has 18 heavy (non-hydrogen) atoms. The monoisotopic (exact) mass is 259 g/mol. The van der Waals surface area contributed by atoms with Crippen molar-refractivity contribution in [1.29, 1.82) is 0 Å². The molecule has 0 aromatic rings. The molecule has 0 fully saturated rings. The summed E-state index contributed by atoms with van der Waals surface area (Å²) in [6.45, 7) is 8.96. The molecule has 0 spiro atoms. The second kappa shape index (κ2) is 6.18. The molecule has 0 aromatic carbocycles. The number of ether oxygens (including phenoxy) is 1. The molecule has 0 heterocycles. The quantitative estimate of drug-likeness (QED) is 0.758. The minimum Gasteiger partial charge on any atom is -0.480 e. The molecule has 0 aliphatic carbocycles. The lowest BCUT2D eigenvalue weighted by Crippen LogP contribution is -2.57. The van der Waals surface area contributed by atoms with Gasteiger partial charge in [0.15, 0.2) is 0 Å². The molecule has 5 nitrogen and oxygen atoms in total. The molecule has 0 saturated carbocycles. The molecule has 0 radical (unpaired) electrons. The lowest BCUT2D eigenvalue weighted by molar-refractivity contribution is -0.162. The van der Waals surface area contributed by atoms with E-state index in [9.17, 15) is 14.7 Å². The van der Waals surface area contributed by atoms with Gasteiger partial charge in [0, 0.05) is 27.0 Å². The van der Waals surface area contributed by atoms with Crippen LogP contribution in [0.5, 0.6) is 0 Å².